The first-order valence-corrected chi connectivity index (χ1v) is 10.2. The first kappa shape index (κ1) is 19.1. The molecule has 0 bridgehead atoms. The van der Waals surface area contributed by atoms with E-state index in [-0.39, 0.29) is 0 Å². The molecule has 3 aromatic carbocycles. The van der Waals surface area contributed by atoms with Crippen LogP contribution in [-0.4, -0.2) is 19.1 Å². The first-order chi connectivity index (χ1) is 14.2. The Morgan fingerprint density at radius 3 is 2.21 bits per heavy atom. The van der Waals surface area contributed by atoms with Crippen molar-refractivity contribution in [2.45, 2.75) is 9.79 Å². The van der Waals surface area contributed by atoms with Crippen LogP contribution in [0.15, 0.2) is 107 Å². The Hall–Kier alpha value is -3.24. The van der Waals surface area contributed by atoms with Crippen LogP contribution in [0.3, 0.4) is 0 Å². The third-order valence-electron chi connectivity index (χ3n) is 4.44. The van der Waals surface area contributed by atoms with Crippen LogP contribution in [0.2, 0.25) is 0 Å². The van der Waals surface area contributed by atoms with E-state index in [1.165, 1.54) is 4.90 Å². The van der Waals surface area contributed by atoms with Gasteiger partial charge in [0.1, 0.15) is 11.5 Å². The number of hydrogen-bond donors (Lipinski definition) is 0. The van der Waals surface area contributed by atoms with E-state index in [0.717, 1.165) is 33.3 Å². The molecule has 0 aliphatic carbocycles. The Labute approximate surface area is 176 Å². The molecular formula is C25H22N2OS. The fourth-order valence-electron chi connectivity index (χ4n) is 2.95. The van der Waals surface area contributed by atoms with Gasteiger partial charge in [-0.2, -0.15) is 0 Å². The van der Waals surface area contributed by atoms with E-state index in [0.29, 0.717) is 0 Å². The summed E-state index contributed by atoms with van der Waals surface area (Å²) in [5.41, 5.74) is 3.15. The molecule has 0 unspecified atom stereocenters. The molecule has 144 valence electrons. The molecular weight excluding hydrogens is 376 g/mol. The molecule has 29 heavy (non-hydrogen) atoms. The number of rotatable bonds is 6. The maximum Gasteiger partial charge on any atom is 0.128 e. The number of aromatic nitrogens is 1. The summed E-state index contributed by atoms with van der Waals surface area (Å²) in [4.78, 5) is 8.99. The smallest absolute Gasteiger partial charge is 0.128 e. The summed E-state index contributed by atoms with van der Waals surface area (Å²) in [6.45, 7) is 0. The minimum atomic E-state index is 0.808. The number of anilines is 1. The summed E-state index contributed by atoms with van der Waals surface area (Å²) < 4.78 is 6.07. The minimum Gasteiger partial charge on any atom is -0.457 e. The fourth-order valence-corrected chi connectivity index (χ4v) is 3.95. The standard InChI is InChI=1S/C25H22N2OS/c1-27(2)19-15-16-26-24(17-19)23-14-13-21(28-20-9-5-3-6-10-20)18-25(23)29-22-11-7-4-8-12-22/h3-18H,1-2H3. The molecule has 0 fully saturated rings. The molecule has 0 spiro atoms. The van der Waals surface area contributed by atoms with E-state index in [1.807, 2.05) is 68.8 Å². The predicted molar refractivity (Wildman–Crippen MR) is 121 cm³/mol. The van der Waals surface area contributed by atoms with Gasteiger partial charge < -0.3 is 9.64 Å². The van der Waals surface area contributed by atoms with E-state index < -0.39 is 0 Å². The van der Waals surface area contributed by atoms with Crippen molar-refractivity contribution in [2.24, 2.45) is 0 Å². The van der Waals surface area contributed by atoms with Gasteiger partial charge in [-0.25, -0.2) is 0 Å². The molecule has 0 saturated carbocycles. The SMILES string of the molecule is CN(C)c1ccnc(-c2ccc(Oc3ccccc3)cc2Sc2ccccc2)c1. The van der Waals surface area contributed by atoms with Gasteiger partial charge >= 0.3 is 0 Å². The van der Waals surface area contributed by atoms with Gasteiger partial charge in [-0.1, -0.05) is 48.2 Å². The number of para-hydroxylation sites is 1. The van der Waals surface area contributed by atoms with Gasteiger partial charge in [0.2, 0.25) is 0 Å². The van der Waals surface area contributed by atoms with Crippen LogP contribution in [0, 0.1) is 0 Å². The van der Waals surface area contributed by atoms with Crippen LogP contribution in [0.25, 0.3) is 11.3 Å². The van der Waals surface area contributed by atoms with Gasteiger partial charge in [0, 0.05) is 41.3 Å². The Morgan fingerprint density at radius 2 is 1.48 bits per heavy atom. The molecule has 3 nitrogen and oxygen atoms in total. The van der Waals surface area contributed by atoms with E-state index in [2.05, 4.69) is 52.3 Å². The zero-order valence-corrected chi connectivity index (χ0v) is 17.3. The first-order valence-electron chi connectivity index (χ1n) is 9.43. The summed E-state index contributed by atoms with van der Waals surface area (Å²) in [5.74, 6) is 1.63. The van der Waals surface area contributed by atoms with Crippen LogP contribution in [0.1, 0.15) is 0 Å². The van der Waals surface area contributed by atoms with Crippen molar-refractivity contribution in [3.8, 4) is 22.8 Å². The summed E-state index contributed by atoms with van der Waals surface area (Å²) in [6.07, 6.45) is 1.86. The highest BCUT2D eigenvalue weighted by Gasteiger charge is 2.12. The summed E-state index contributed by atoms with van der Waals surface area (Å²) in [6, 6.07) is 30.5. The maximum atomic E-state index is 6.07. The molecule has 0 atom stereocenters. The van der Waals surface area contributed by atoms with Crippen LogP contribution in [0.5, 0.6) is 11.5 Å². The lowest BCUT2D eigenvalue weighted by Crippen LogP contribution is -2.08. The van der Waals surface area contributed by atoms with Crippen molar-refractivity contribution in [1.29, 1.82) is 0 Å². The molecule has 0 aliphatic heterocycles. The lowest BCUT2D eigenvalue weighted by atomic mass is 10.1. The minimum absolute atomic E-state index is 0.808. The van der Waals surface area contributed by atoms with Gasteiger partial charge in [0.25, 0.3) is 0 Å². The summed E-state index contributed by atoms with van der Waals surface area (Å²) >= 11 is 1.71. The quantitative estimate of drug-likeness (QED) is 0.358. The second kappa shape index (κ2) is 8.84. The van der Waals surface area contributed by atoms with Crippen LogP contribution in [-0.2, 0) is 0 Å². The van der Waals surface area contributed by atoms with Crippen molar-refractivity contribution in [1.82, 2.24) is 4.98 Å². The van der Waals surface area contributed by atoms with Crippen molar-refractivity contribution in [3.05, 3.63) is 97.2 Å². The molecule has 0 saturated heterocycles. The lowest BCUT2D eigenvalue weighted by Gasteiger charge is -2.15. The molecule has 4 rings (SSSR count). The Bertz CT molecular complexity index is 1080. The van der Waals surface area contributed by atoms with Gasteiger partial charge in [-0.15, -0.1) is 0 Å². The third kappa shape index (κ3) is 4.79. The Kier molecular flexibility index (Phi) is 5.82. The van der Waals surface area contributed by atoms with Gasteiger partial charge in [0.05, 0.1) is 5.69 Å². The van der Waals surface area contributed by atoms with Crippen molar-refractivity contribution in [2.75, 3.05) is 19.0 Å². The topological polar surface area (TPSA) is 25.4 Å². The number of pyridine rings is 1. The van der Waals surface area contributed by atoms with Crippen molar-refractivity contribution < 1.29 is 4.74 Å². The molecule has 1 heterocycles. The number of ether oxygens (including phenoxy) is 1. The zero-order valence-electron chi connectivity index (χ0n) is 16.4. The number of hydrogen-bond acceptors (Lipinski definition) is 4. The van der Waals surface area contributed by atoms with E-state index in [1.54, 1.807) is 11.8 Å². The third-order valence-corrected chi connectivity index (χ3v) is 5.50. The molecule has 4 heteroatoms. The molecule has 0 aliphatic rings. The highest BCUT2D eigenvalue weighted by Crippen LogP contribution is 2.39. The monoisotopic (exact) mass is 398 g/mol. The second-order valence-electron chi connectivity index (χ2n) is 6.78. The fraction of sp³-hybridized carbons (Fsp3) is 0.0800. The average Bonchev–Trinajstić information content (AvgIpc) is 2.75. The van der Waals surface area contributed by atoms with Crippen molar-refractivity contribution in [3.63, 3.8) is 0 Å². The summed E-state index contributed by atoms with van der Waals surface area (Å²) in [7, 11) is 4.07. The molecule has 0 radical (unpaired) electrons. The van der Waals surface area contributed by atoms with Gasteiger partial charge in [0.15, 0.2) is 0 Å². The molecule has 0 N–H and O–H groups in total. The van der Waals surface area contributed by atoms with Crippen LogP contribution < -0.4 is 9.64 Å². The van der Waals surface area contributed by atoms with Gasteiger partial charge in [-0.05, 0) is 54.6 Å². The van der Waals surface area contributed by atoms with Crippen molar-refractivity contribution >= 4 is 17.4 Å². The second-order valence-corrected chi connectivity index (χ2v) is 7.90. The highest BCUT2D eigenvalue weighted by atomic mass is 32.2. The number of nitrogens with zero attached hydrogens (tertiary/aromatic N) is 2. The summed E-state index contributed by atoms with van der Waals surface area (Å²) in [5, 5.41) is 0. The largest absolute Gasteiger partial charge is 0.457 e. The molecule has 1 aromatic heterocycles. The predicted octanol–water partition coefficient (Wildman–Crippen LogP) is 6.76. The van der Waals surface area contributed by atoms with Crippen LogP contribution in [0.4, 0.5) is 5.69 Å². The van der Waals surface area contributed by atoms with Crippen LogP contribution >= 0.6 is 11.8 Å². The normalized spacial score (nSPS) is 10.6. The lowest BCUT2D eigenvalue weighted by molar-refractivity contribution is 0.481. The zero-order chi connectivity index (χ0) is 20.1. The molecule has 0 amide bonds. The van der Waals surface area contributed by atoms with E-state index in [9.17, 15) is 0 Å². The Balaban J connectivity index is 1.74. The van der Waals surface area contributed by atoms with E-state index in [4.69, 9.17) is 4.74 Å². The highest BCUT2D eigenvalue weighted by molar-refractivity contribution is 7.99. The average molecular weight is 399 g/mol. The van der Waals surface area contributed by atoms with Gasteiger partial charge in [-0.3, -0.25) is 4.98 Å². The number of benzene rings is 3. The Morgan fingerprint density at radius 1 is 0.759 bits per heavy atom. The molecule has 4 aromatic rings. The van der Waals surface area contributed by atoms with E-state index >= 15 is 0 Å². The maximum absolute atomic E-state index is 6.07.